The minimum atomic E-state index is 0.107. The molecule has 0 spiro atoms. The molecule has 1 aromatic rings. The van der Waals surface area contributed by atoms with Crippen molar-refractivity contribution >= 4 is 13.2 Å². The Hall–Kier alpha value is -0.610. The molecule has 0 aliphatic carbocycles. The van der Waals surface area contributed by atoms with Gasteiger partial charge in [0.25, 0.3) is 0 Å². The van der Waals surface area contributed by atoms with Gasteiger partial charge in [-0.15, -0.1) is 0 Å². The van der Waals surface area contributed by atoms with Crippen molar-refractivity contribution in [3.8, 4) is 0 Å². The Morgan fingerprint density at radius 1 is 1.15 bits per heavy atom. The van der Waals surface area contributed by atoms with E-state index in [1.807, 2.05) is 0 Å². The van der Waals surface area contributed by atoms with Crippen LogP contribution in [0.25, 0.3) is 0 Å². The normalized spacial score (nSPS) is 21.7. The fraction of sp³-hybridized carbons (Fsp3) is 0.333. The molecule has 13 heavy (non-hydrogen) atoms. The fourth-order valence-corrected chi connectivity index (χ4v) is 4.43. The average molecular weight is 190 g/mol. The van der Waals surface area contributed by atoms with Crippen LogP contribution in [0.5, 0.6) is 0 Å². The molecule has 0 aromatic heterocycles. The van der Waals surface area contributed by atoms with E-state index in [0.717, 1.165) is 0 Å². The maximum atomic E-state index is 2.40. The summed E-state index contributed by atoms with van der Waals surface area (Å²) in [6.07, 6.45) is 5.02. The van der Waals surface area contributed by atoms with Gasteiger partial charge in [-0.2, -0.15) is 0 Å². The first-order valence-electron chi connectivity index (χ1n) is 4.73. The van der Waals surface area contributed by atoms with Gasteiger partial charge in [-0.3, -0.25) is 0 Å². The van der Waals surface area contributed by atoms with Gasteiger partial charge in [-0.1, -0.05) is 43.8 Å². The van der Waals surface area contributed by atoms with E-state index in [1.54, 1.807) is 10.9 Å². The molecule has 1 aliphatic heterocycles. The summed E-state index contributed by atoms with van der Waals surface area (Å²) in [5.74, 6) is 0. The second-order valence-electron chi connectivity index (χ2n) is 3.72. The highest BCUT2D eigenvalue weighted by Gasteiger charge is 2.16. The molecule has 68 valence electrons. The van der Waals surface area contributed by atoms with Gasteiger partial charge in [0.1, 0.15) is 0 Å². The zero-order valence-corrected chi connectivity index (χ0v) is 9.14. The molecular weight excluding hydrogens is 175 g/mol. The van der Waals surface area contributed by atoms with Crippen LogP contribution >= 0.6 is 7.92 Å². The second-order valence-corrected chi connectivity index (χ2v) is 5.96. The summed E-state index contributed by atoms with van der Waals surface area (Å²) in [6.45, 7) is 4.48. The van der Waals surface area contributed by atoms with Crippen molar-refractivity contribution in [2.45, 2.75) is 13.8 Å². The van der Waals surface area contributed by atoms with Crippen LogP contribution in [0.2, 0.25) is 0 Å². The molecule has 2 rings (SSSR count). The maximum Gasteiger partial charge on any atom is -0.00739 e. The minimum Gasteiger partial charge on any atom is -0.0806 e. The van der Waals surface area contributed by atoms with Gasteiger partial charge in [0.15, 0.2) is 0 Å². The van der Waals surface area contributed by atoms with Crippen LogP contribution in [-0.4, -0.2) is 12.3 Å². The standard InChI is InChI=1S/C12H15P/c1-10-7-8-13(9-10)12-6-4-3-5-11(12)2/h3-7H,8-9H2,1-2H3. The van der Waals surface area contributed by atoms with E-state index in [1.165, 1.54) is 17.9 Å². The predicted octanol–water partition coefficient (Wildman–Crippen LogP) is 3.06. The molecule has 0 saturated carbocycles. The fourth-order valence-electron chi connectivity index (χ4n) is 1.80. The summed E-state index contributed by atoms with van der Waals surface area (Å²) in [5, 5.41) is 1.60. The van der Waals surface area contributed by atoms with Crippen molar-refractivity contribution < 1.29 is 0 Å². The minimum absolute atomic E-state index is 0.107. The molecule has 0 fully saturated rings. The lowest BCUT2D eigenvalue weighted by molar-refractivity contribution is 1.42. The Morgan fingerprint density at radius 3 is 2.54 bits per heavy atom. The van der Waals surface area contributed by atoms with Crippen molar-refractivity contribution in [1.82, 2.24) is 0 Å². The van der Waals surface area contributed by atoms with Crippen LogP contribution in [0.15, 0.2) is 35.9 Å². The lowest BCUT2D eigenvalue weighted by Gasteiger charge is -2.13. The third-order valence-corrected chi connectivity index (χ3v) is 5.24. The summed E-state index contributed by atoms with van der Waals surface area (Å²) >= 11 is 0. The maximum absolute atomic E-state index is 2.40. The van der Waals surface area contributed by atoms with Gasteiger partial charge in [0, 0.05) is 0 Å². The van der Waals surface area contributed by atoms with E-state index >= 15 is 0 Å². The number of allylic oxidation sites excluding steroid dienone is 2. The number of aryl methyl sites for hydroxylation is 1. The van der Waals surface area contributed by atoms with E-state index < -0.39 is 0 Å². The highest BCUT2D eigenvalue weighted by atomic mass is 31.1. The van der Waals surface area contributed by atoms with Crippen LogP contribution in [0, 0.1) is 6.92 Å². The molecule has 0 N–H and O–H groups in total. The lowest BCUT2D eigenvalue weighted by Crippen LogP contribution is -2.06. The molecule has 1 unspecified atom stereocenters. The third kappa shape index (κ3) is 1.84. The summed E-state index contributed by atoms with van der Waals surface area (Å²) < 4.78 is 0. The first-order chi connectivity index (χ1) is 6.27. The molecule has 0 bridgehead atoms. The SMILES string of the molecule is CC1=CCP(c2ccccc2C)C1. The average Bonchev–Trinajstić information content (AvgIpc) is 2.53. The molecule has 0 nitrogen and oxygen atoms in total. The molecule has 1 heterocycles. The Labute approximate surface area is 81.4 Å². The van der Waals surface area contributed by atoms with Crippen LogP contribution in [0.1, 0.15) is 12.5 Å². The number of hydrogen-bond donors (Lipinski definition) is 0. The van der Waals surface area contributed by atoms with Crippen LogP contribution in [0.4, 0.5) is 0 Å². The molecule has 1 atom stereocenters. The van der Waals surface area contributed by atoms with Crippen LogP contribution < -0.4 is 5.30 Å². The zero-order valence-electron chi connectivity index (χ0n) is 8.25. The Morgan fingerprint density at radius 2 is 1.92 bits per heavy atom. The number of rotatable bonds is 1. The first kappa shape index (κ1) is 8.97. The van der Waals surface area contributed by atoms with Crippen molar-refractivity contribution in [3.05, 3.63) is 41.5 Å². The Bertz CT molecular complexity index is 339. The topological polar surface area (TPSA) is 0 Å². The van der Waals surface area contributed by atoms with Crippen LogP contribution in [0.3, 0.4) is 0 Å². The lowest BCUT2D eigenvalue weighted by atomic mass is 10.2. The van der Waals surface area contributed by atoms with E-state index in [4.69, 9.17) is 0 Å². The van der Waals surface area contributed by atoms with Crippen molar-refractivity contribution in [2.75, 3.05) is 12.3 Å². The van der Waals surface area contributed by atoms with Gasteiger partial charge in [-0.25, -0.2) is 0 Å². The van der Waals surface area contributed by atoms with Gasteiger partial charge in [-0.05, 0) is 37.0 Å². The van der Waals surface area contributed by atoms with E-state index in [2.05, 4.69) is 44.2 Å². The van der Waals surface area contributed by atoms with Crippen LogP contribution in [-0.2, 0) is 0 Å². The molecule has 1 aromatic carbocycles. The second kappa shape index (κ2) is 3.64. The van der Waals surface area contributed by atoms with E-state index in [-0.39, 0.29) is 7.92 Å². The van der Waals surface area contributed by atoms with Gasteiger partial charge < -0.3 is 0 Å². The highest BCUT2D eigenvalue weighted by molar-refractivity contribution is 7.66. The molecule has 1 aliphatic rings. The summed E-state index contributed by atoms with van der Waals surface area (Å²) in [7, 11) is 0.107. The summed E-state index contributed by atoms with van der Waals surface area (Å²) in [6, 6.07) is 8.82. The van der Waals surface area contributed by atoms with Gasteiger partial charge in [0.05, 0.1) is 0 Å². The molecular formula is C12H15P. The van der Waals surface area contributed by atoms with E-state index in [0.29, 0.717) is 0 Å². The van der Waals surface area contributed by atoms with Gasteiger partial charge in [0.2, 0.25) is 0 Å². The first-order valence-corrected chi connectivity index (χ1v) is 6.45. The van der Waals surface area contributed by atoms with Crippen molar-refractivity contribution in [1.29, 1.82) is 0 Å². The summed E-state index contributed by atoms with van der Waals surface area (Å²) in [4.78, 5) is 0. The smallest absolute Gasteiger partial charge is 0.00739 e. The van der Waals surface area contributed by atoms with Gasteiger partial charge >= 0.3 is 0 Å². The molecule has 0 radical (unpaired) electrons. The highest BCUT2D eigenvalue weighted by Crippen LogP contribution is 2.42. The number of benzene rings is 1. The number of hydrogen-bond acceptors (Lipinski definition) is 0. The summed E-state index contributed by atoms with van der Waals surface area (Å²) in [5.41, 5.74) is 3.05. The Balaban J connectivity index is 2.23. The zero-order chi connectivity index (χ0) is 9.26. The largest absolute Gasteiger partial charge is 0.0806 e. The molecule has 1 heteroatoms. The Kier molecular flexibility index (Phi) is 2.51. The van der Waals surface area contributed by atoms with Crippen molar-refractivity contribution in [2.24, 2.45) is 0 Å². The quantitative estimate of drug-likeness (QED) is 0.471. The molecule has 0 saturated heterocycles. The predicted molar refractivity (Wildman–Crippen MR) is 61.2 cm³/mol. The third-order valence-electron chi connectivity index (χ3n) is 2.56. The molecule has 0 amide bonds. The monoisotopic (exact) mass is 190 g/mol. The van der Waals surface area contributed by atoms with E-state index in [9.17, 15) is 0 Å². The van der Waals surface area contributed by atoms with Crippen molar-refractivity contribution in [3.63, 3.8) is 0 Å².